The Morgan fingerprint density at radius 3 is 2.69 bits per heavy atom. The highest BCUT2D eigenvalue weighted by molar-refractivity contribution is 5.94. The van der Waals surface area contributed by atoms with Crippen LogP contribution >= 0.6 is 0 Å². The minimum atomic E-state index is -4.47. The normalized spacial score (nSPS) is 11.6. The van der Waals surface area contributed by atoms with Gasteiger partial charge in [0.25, 0.3) is 5.91 Å². The molecule has 0 aliphatic rings. The SMILES string of the molecule is COc1cc(C(=O)NCc2nnc3ccc(C(F)(F)F)cn23)ccc1C. The maximum atomic E-state index is 12.9. The number of methoxy groups -OCH3 is 1. The molecule has 0 saturated carbocycles. The molecule has 2 heterocycles. The van der Waals surface area contributed by atoms with Crippen molar-refractivity contribution in [1.29, 1.82) is 0 Å². The third-order valence-electron chi connectivity index (χ3n) is 3.88. The first-order chi connectivity index (χ1) is 12.3. The van der Waals surface area contributed by atoms with E-state index in [0.717, 1.165) is 17.8 Å². The van der Waals surface area contributed by atoms with E-state index in [-0.39, 0.29) is 18.0 Å². The third-order valence-corrected chi connectivity index (χ3v) is 3.88. The summed E-state index contributed by atoms with van der Waals surface area (Å²) in [7, 11) is 1.50. The molecule has 0 spiro atoms. The molecule has 3 aromatic rings. The topological polar surface area (TPSA) is 68.5 Å². The molecule has 1 N–H and O–H groups in total. The van der Waals surface area contributed by atoms with Crippen molar-refractivity contribution < 1.29 is 22.7 Å². The summed E-state index contributed by atoms with van der Waals surface area (Å²) in [4.78, 5) is 12.3. The molecular weight excluding hydrogens is 349 g/mol. The Balaban J connectivity index is 1.80. The van der Waals surface area contributed by atoms with Gasteiger partial charge in [0.2, 0.25) is 0 Å². The van der Waals surface area contributed by atoms with Crippen LogP contribution in [0.5, 0.6) is 5.75 Å². The summed E-state index contributed by atoms with van der Waals surface area (Å²) in [6, 6.07) is 7.14. The van der Waals surface area contributed by atoms with Crippen LogP contribution in [0, 0.1) is 6.92 Å². The van der Waals surface area contributed by atoms with Gasteiger partial charge in [-0.05, 0) is 36.8 Å². The van der Waals surface area contributed by atoms with Crippen molar-refractivity contribution >= 4 is 11.6 Å². The summed E-state index contributed by atoms with van der Waals surface area (Å²) in [5.74, 6) is 0.367. The van der Waals surface area contributed by atoms with Crippen LogP contribution in [0.1, 0.15) is 27.3 Å². The molecule has 6 nitrogen and oxygen atoms in total. The third kappa shape index (κ3) is 3.46. The molecule has 0 unspecified atom stereocenters. The van der Waals surface area contributed by atoms with Gasteiger partial charge in [-0.15, -0.1) is 10.2 Å². The number of nitrogens with one attached hydrogen (secondary N) is 1. The smallest absolute Gasteiger partial charge is 0.417 e. The number of aryl methyl sites for hydroxylation is 1. The predicted octanol–water partition coefficient (Wildman–Crippen LogP) is 3.00. The van der Waals surface area contributed by atoms with E-state index in [1.807, 2.05) is 6.92 Å². The van der Waals surface area contributed by atoms with Gasteiger partial charge in [-0.25, -0.2) is 0 Å². The van der Waals surface area contributed by atoms with Crippen molar-refractivity contribution in [3.8, 4) is 5.75 Å². The highest BCUT2D eigenvalue weighted by Crippen LogP contribution is 2.29. The molecule has 1 amide bonds. The van der Waals surface area contributed by atoms with Gasteiger partial charge < -0.3 is 10.1 Å². The van der Waals surface area contributed by atoms with E-state index in [0.29, 0.717) is 11.3 Å². The van der Waals surface area contributed by atoms with Crippen LogP contribution in [0.2, 0.25) is 0 Å². The second-order valence-electron chi connectivity index (χ2n) is 5.63. The molecule has 0 atom stereocenters. The van der Waals surface area contributed by atoms with Crippen LogP contribution in [0.3, 0.4) is 0 Å². The molecule has 2 aromatic heterocycles. The number of fused-ring (bicyclic) bond motifs is 1. The van der Waals surface area contributed by atoms with Crippen LogP contribution in [-0.4, -0.2) is 27.6 Å². The molecule has 136 valence electrons. The van der Waals surface area contributed by atoms with Gasteiger partial charge in [0.05, 0.1) is 19.2 Å². The Hall–Kier alpha value is -3.10. The quantitative estimate of drug-likeness (QED) is 0.773. The number of hydrogen-bond acceptors (Lipinski definition) is 4. The number of carbonyl (C=O) groups is 1. The van der Waals surface area contributed by atoms with E-state index in [4.69, 9.17) is 4.74 Å². The second-order valence-corrected chi connectivity index (χ2v) is 5.63. The number of rotatable bonds is 4. The minimum absolute atomic E-state index is 0.0719. The Bertz CT molecular complexity index is 966. The first kappa shape index (κ1) is 17.7. The van der Waals surface area contributed by atoms with Gasteiger partial charge in [-0.1, -0.05) is 6.07 Å². The fraction of sp³-hybridized carbons (Fsp3) is 0.235. The molecular formula is C17H15F3N4O2. The lowest BCUT2D eigenvalue weighted by molar-refractivity contribution is -0.137. The van der Waals surface area contributed by atoms with Crippen LogP contribution in [0.4, 0.5) is 13.2 Å². The van der Waals surface area contributed by atoms with Crippen LogP contribution in [0.15, 0.2) is 36.5 Å². The maximum absolute atomic E-state index is 12.9. The van der Waals surface area contributed by atoms with Crippen molar-refractivity contribution in [2.24, 2.45) is 0 Å². The Morgan fingerprint density at radius 2 is 2.00 bits per heavy atom. The number of aromatic nitrogens is 3. The van der Waals surface area contributed by atoms with Gasteiger partial charge in [-0.3, -0.25) is 9.20 Å². The number of ether oxygens (including phenoxy) is 1. The van der Waals surface area contributed by atoms with Crippen LogP contribution < -0.4 is 10.1 Å². The summed E-state index contributed by atoms with van der Waals surface area (Å²) >= 11 is 0. The standard InChI is InChI=1S/C17H15F3N4O2/c1-10-3-4-11(7-13(10)26-2)16(25)21-8-15-23-22-14-6-5-12(9-24(14)15)17(18,19)20/h3-7,9H,8H2,1-2H3,(H,21,25). The highest BCUT2D eigenvalue weighted by Gasteiger charge is 2.31. The predicted molar refractivity (Wildman–Crippen MR) is 86.9 cm³/mol. The summed E-state index contributed by atoms with van der Waals surface area (Å²) in [6.45, 7) is 1.78. The Labute approximate surface area is 146 Å². The summed E-state index contributed by atoms with van der Waals surface area (Å²) in [5.41, 5.74) is 0.698. The number of pyridine rings is 1. The number of carbonyl (C=O) groups excluding carboxylic acids is 1. The second kappa shape index (κ2) is 6.66. The lowest BCUT2D eigenvalue weighted by Gasteiger charge is -2.09. The van der Waals surface area contributed by atoms with Crippen molar-refractivity contribution in [3.63, 3.8) is 0 Å². The maximum Gasteiger partial charge on any atom is 0.417 e. The Kier molecular flexibility index (Phi) is 4.54. The van der Waals surface area contributed by atoms with Gasteiger partial charge in [0.1, 0.15) is 5.75 Å². The minimum Gasteiger partial charge on any atom is -0.496 e. The number of hydrogen-bond donors (Lipinski definition) is 1. The van der Waals surface area contributed by atoms with Crippen molar-refractivity contribution in [2.75, 3.05) is 7.11 Å². The fourth-order valence-electron chi connectivity index (χ4n) is 2.45. The van der Waals surface area contributed by atoms with Crippen molar-refractivity contribution in [3.05, 3.63) is 59.0 Å². The van der Waals surface area contributed by atoms with E-state index in [2.05, 4.69) is 15.5 Å². The van der Waals surface area contributed by atoms with E-state index in [1.54, 1.807) is 18.2 Å². The first-order valence-electron chi connectivity index (χ1n) is 7.63. The van der Waals surface area contributed by atoms with Crippen molar-refractivity contribution in [1.82, 2.24) is 19.9 Å². The largest absolute Gasteiger partial charge is 0.496 e. The summed E-state index contributed by atoms with van der Waals surface area (Å²) in [6.07, 6.45) is -3.57. The van der Waals surface area contributed by atoms with Gasteiger partial charge >= 0.3 is 6.18 Å². The first-order valence-corrected chi connectivity index (χ1v) is 7.63. The highest BCUT2D eigenvalue weighted by atomic mass is 19.4. The average molecular weight is 364 g/mol. The van der Waals surface area contributed by atoms with E-state index in [9.17, 15) is 18.0 Å². The van der Waals surface area contributed by atoms with Gasteiger partial charge in [-0.2, -0.15) is 13.2 Å². The Morgan fingerprint density at radius 1 is 1.23 bits per heavy atom. The molecule has 0 fully saturated rings. The number of halogens is 3. The molecule has 0 aliphatic heterocycles. The lowest BCUT2D eigenvalue weighted by atomic mass is 10.1. The zero-order chi connectivity index (χ0) is 18.9. The number of nitrogens with zero attached hydrogens (tertiary/aromatic N) is 3. The summed E-state index contributed by atoms with van der Waals surface area (Å²) < 4.78 is 45.0. The zero-order valence-corrected chi connectivity index (χ0v) is 14.0. The summed E-state index contributed by atoms with van der Waals surface area (Å²) in [5, 5.41) is 10.3. The molecule has 0 saturated heterocycles. The van der Waals surface area contributed by atoms with Gasteiger partial charge in [0, 0.05) is 11.8 Å². The molecule has 0 radical (unpaired) electrons. The number of benzene rings is 1. The monoisotopic (exact) mass is 364 g/mol. The van der Waals surface area contributed by atoms with Crippen LogP contribution in [-0.2, 0) is 12.7 Å². The van der Waals surface area contributed by atoms with Crippen LogP contribution in [0.25, 0.3) is 5.65 Å². The molecule has 26 heavy (non-hydrogen) atoms. The molecule has 9 heteroatoms. The zero-order valence-electron chi connectivity index (χ0n) is 14.0. The van der Waals surface area contributed by atoms with Crippen molar-refractivity contribution in [2.45, 2.75) is 19.6 Å². The number of alkyl halides is 3. The molecule has 1 aromatic carbocycles. The van der Waals surface area contributed by atoms with Gasteiger partial charge in [0.15, 0.2) is 11.5 Å². The van der Waals surface area contributed by atoms with E-state index >= 15 is 0 Å². The fourth-order valence-corrected chi connectivity index (χ4v) is 2.45. The van der Waals surface area contributed by atoms with E-state index in [1.165, 1.54) is 17.6 Å². The number of amides is 1. The lowest BCUT2D eigenvalue weighted by Crippen LogP contribution is -2.24. The average Bonchev–Trinajstić information content (AvgIpc) is 3.01. The molecule has 0 aliphatic carbocycles. The molecule has 3 rings (SSSR count). The molecule has 0 bridgehead atoms. The van der Waals surface area contributed by atoms with E-state index < -0.39 is 17.6 Å².